The van der Waals surface area contributed by atoms with Crippen LogP contribution in [-0.2, 0) is 19.9 Å². The number of carbonyl (C=O) groups excluding carboxylic acids is 1. The first-order valence-electron chi connectivity index (χ1n) is 8.57. The number of alkyl halides is 3. The highest BCUT2D eigenvalue weighted by atomic mass is 19.4. The van der Waals surface area contributed by atoms with Crippen LogP contribution in [0.3, 0.4) is 0 Å². The lowest BCUT2D eigenvalue weighted by molar-refractivity contribution is -0.175. The number of fused-ring (bicyclic) bond motifs is 1. The Morgan fingerprint density at radius 3 is 2.67 bits per heavy atom. The standard InChI is InChI=1S/C16H23F3N4O/c1-22-14(11-7-4-5-8-12(11)21-22)20-15(24)23-10-6-2-3-9-13(23)16(17,18)19/h13H,2-10H2,1H3,(H,20,24). The molecule has 2 amide bonds. The number of hydrogen-bond acceptors (Lipinski definition) is 2. The zero-order chi connectivity index (χ0) is 17.3. The van der Waals surface area contributed by atoms with Crippen molar-refractivity contribution in [2.75, 3.05) is 11.9 Å². The molecule has 2 heterocycles. The third kappa shape index (κ3) is 3.37. The summed E-state index contributed by atoms with van der Waals surface area (Å²) in [5, 5.41) is 7.10. The monoisotopic (exact) mass is 344 g/mol. The molecule has 0 spiro atoms. The van der Waals surface area contributed by atoms with Crippen LogP contribution in [0, 0.1) is 0 Å². The first kappa shape index (κ1) is 17.1. The fourth-order valence-corrected chi connectivity index (χ4v) is 3.70. The van der Waals surface area contributed by atoms with Crippen molar-refractivity contribution in [1.82, 2.24) is 14.7 Å². The Bertz CT molecular complexity index is 611. The topological polar surface area (TPSA) is 50.2 Å². The molecule has 24 heavy (non-hydrogen) atoms. The second-order valence-corrected chi connectivity index (χ2v) is 6.63. The molecule has 2 aliphatic rings. The maximum atomic E-state index is 13.3. The summed E-state index contributed by atoms with van der Waals surface area (Å²) >= 11 is 0. The van der Waals surface area contributed by atoms with Gasteiger partial charge in [0.2, 0.25) is 0 Å². The smallest absolute Gasteiger partial charge is 0.312 e. The SMILES string of the molecule is Cn1nc2c(c1NC(=O)N1CCCCCC1C(F)(F)F)CCCC2. The van der Waals surface area contributed by atoms with Gasteiger partial charge in [-0.25, -0.2) is 4.79 Å². The lowest BCUT2D eigenvalue weighted by Gasteiger charge is -2.31. The summed E-state index contributed by atoms with van der Waals surface area (Å²) < 4.78 is 41.6. The molecule has 8 heteroatoms. The first-order valence-corrected chi connectivity index (χ1v) is 8.57. The fraction of sp³-hybridized carbons (Fsp3) is 0.750. The van der Waals surface area contributed by atoms with Gasteiger partial charge in [0.15, 0.2) is 0 Å². The molecule has 134 valence electrons. The van der Waals surface area contributed by atoms with Crippen LogP contribution >= 0.6 is 0 Å². The fourth-order valence-electron chi connectivity index (χ4n) is 3.70. The summed E-state index contributed by atoms with van der Waals surface area (Å²) in [5.74, 6) is 0.542. The summed E-state index contributed by atoms with van der Waals surface area (Å²) in [5.41, 5.74) is 1.91. The largest absolute Gasteiger partial charge is 0.408 e. The second-order valence-electron chi connectivity index (χ2n) is 6.63. The van der Waals surface area contributed by atoms with Crippen molar-refractivity contribution in [1.29, 1.82) is 0 Å². The van der Waals surface area contributed by atoms with Gasteiger partial charge in [0, 0.05) is 19.2 Å². The van der Waals surface area contributed by atoms with Crippen molar-refractivity contribution < 1.29 is 18.0 Å². The van der Waals surface area contributed by atoms with Crippen LogP contribution in [0.1, 0.15) is 49.8 Å². The van der Waals surface area contributed by atoms with E-state index in [1.165, 1.54) is 0 Å². The van der Waals surface area contributed by atoms with Gasteiger partial charge in [-0.1, -0.05) is 12.8 Å². The Balaban J connectivity index is 1.81. The average Bonchev–Trinajstić information content (AvgIpc) is 2.71. The lowest BCUT2D eigenvalue weighted by atomic mass is 9.97. The van der Waals surface area contributed by atoms with Gasteiger partial charge in [0.25, 0.3) is 0 Å². The van der Waals surface area contributed by atoms with E-state index in [4.69, 9.17) is 0 Å². The molecule has 1 fully saturated rings. The Morgan fingerprint density at radius 1 is 1.17 bits per heavy atom. The molecule has 1 N–H and O–H groups in total. The molecular weight excluding hydrogens is 321 g/mol. The van der Waals surface area contributed by atoms with Crippen molar-refractivity contribution in [2.24, 2.45) is 7.05 Å². The number of amides is 2. The minimum atomic E-state index is -4.40. The van der Waals surface area contributed by atoms with Gasteiger partial charge in [0.1, 0.15) is 11.9 Å². The highest BCUT2D eigenvalue weighted by molar-refractivity contribution is 5.89. The molecule has 0 bridgehead atoms. The van der Waals surface area contributed by atoms with Gasteiger partial charge >= 0.3 is 12.2 Å². The van der Waals surface area contributed by atoms with Crippen molar-refractivity contribution in [3.8, 4) is 0 Å². The molecule has 3 rings (SSSR count). The quantitative estimate of drug-likeness (QED) is 0.846. The van der Waals surface area contributed by atoms with Gasteiger partial charge < -0.3 is 4.90 Å². The van der Waals surface area contributed by atoms with Gasteiger partial charge in [0.05, 0.1) is 5.69 Å². The molecule has 1 aliphatic heterocycles. The average molecular weight is 344 g/mol. The molecular formula is C16H23F3N4O. The zero-order valence-electron chi connectivity index (χ0n) is 13.8. The van der Waals surface area contributed by atoms with Crippen LogP contribution in [0.2, 0.25) is 0 Å². The minimum Gasteiger partial charge on any atom is -0.312 e. The summed E-state index contributed by atoms with van der Waals surface area (Å²) in [6.07, 6.45) is 1.12. The van der Waals surface area contributed by atoms with Crippen LogP contribution in [-0.4, -0.2) is 39.5 Å². The zero-order valence-corrected chi connectivity index (χ0v) is 13.8. The molecule has 1 unspecified atom stereocenters. The molecule has 1 aromatic heterocycles. The van der Waals surface area contributed by atoms with Crippen molar-refractivity contribution >= 4 is 11.8 Å². The molecule has 1 aliphatic carbocycles. The molecule has 1 aromatic rings. The predicted molar refractivity (Wildman–Crippen MR) is 83.9 cm³/mol. The maximum absolute atomic E-state index is 13.3. The summed E-state index contributed by atoms with van der Waals surface area (Å²) in [7, 11) is 1.72. The normalized spacial score (nSPS) is 22.0. The molecule has 1 atom stereocenters. The number of aromatic nitrogens is 2. The number of rotatable bonds is 1. The Morgan fingerprint density at radius 2 is 1.92 bits per heavy atom. The third-order valence-corrected chi connectivity index (χ3v) is 4.94. The number of carbonyl (C=O) groups is 1. The number of halogens is 3. The molecule has 5 nitrogen and oxygen atoms in total. The van der Waals surface area contributed by atoms with E-state index in [-0.39, 0.29) is 13.0 Å². The summed E-state index contributed by atoms with van der Waals surface area (Å²) in [6, 6.07) is -2.38. The first-order chi connectivity index (χ1) is 11.4. The second kappa shape index (κ2) is 6.64. The number of nitrogens with one attached hydrogen (secondary N) is 1. The number of nitrogens with zero attached hydrogens (tertiary/aromatic N) is 3. The van der Waals surface area contributed by atoms with Gasteiger partial charge in [-0.15, -0.1) is 0 Å². The molecule has 0 aromatic carbocycles. The van der Waals surface area contributed by atoms with Crippen molar-refractivity contribution in [3.63, 3.8) is 0 Å². The minimum absolute atomic E-state index is 0.0274. The number of likely N-dealkylation sites (tertiary alicyclic amines) is 1. The Hall–Kier alpha value is -1.73. The van der Waals surface area contributed by atoms with Crippen molar-refractivity contribution in [3.05, 3.63) is 11.3 Å². The summed E-state index contributed by atoms with van der Waals surface area (Å²) in [6.45, 7) is 0.135. The molecule has 0 saturated carbocycles. The highest BCUT2D eigenvalue weighted by Gasteiger charge is 2.45. The van der Waals surface area contributed by atoms with E-state index in [1.54, 1.807) is 11.7 Å². The number of anilines is 1. The van der Waals surface area contributed by atoms with Gasteiger partial charge in [-0.2, -0.15) is 18.3 Å². The number of hydrogen-bond donors (Lipinski definition) is 1. The van der Waals surface area contributed by atoms with E-state index < -0.39 is 18.2 Å². The van der Waals surface area contributed by atoms with Gasteiger partial charge in [-0.05, 0) is 38.5 Å². The van der Waals surface area contributed by atoms with Crippen LogP contribution in [0.25, 0.3) is 0 Å². The van der Waals surface area contributed by atoms with E-state index >= 15 is 0 Å². The maximum Gasteiger partial charge on any atom is 0.408 e. The van der Waals surface area contributed by atoms with Gasteiger partial charge in [-0.3, -0.25) is 10.00 Å². The Labute approximate surface area is 139 Å². The lowest BCUT2D eigenvalue weighted by Crippen LogP contribution is -2.50. The predicted octanol–water partition coefficient (Wildman–Crippen LogP) is 3.64. The molecule has 1 saturated heterocycles. The van der Waals surface area contributed by atoms with Crippen LogP contribution in [0.4, 0.5) is 23.8 Å². The van der Waals surface area contributed by atoms with Crippen LogP contribution < -0.4 is 5.32 Å². The van der Waals surface area contributed by atoms with Crippen LogP contribution in [0.5, 0.6) is 0 Å². The van der Waals surface area contributed by atoms with Crippen molar-refractivity contribution in [2.45, 2.75) is 63.6 Å². The Kier molecular flexibility index (Phi) is 4.73. The van der Waals surface area contributed by atoms with E-state index in [1.807, 2.05) is 0 Å². The number of urea groups is 1. The van der Waals surface area contributed by atoms with Crippen LogP contribution in [0.15, 0.2) is 0 Å². The number of aryl methyl sites for hydroxylation is 2. The third-order valence-electron chi connectivity index (χ3n) is 4.94. The van der Waals surface area contributed by atoms with E-state index in [0.29, 0.717) is 18.7 Å². The van der Waals surface area contributed by atoms with E-state index in [2.05, 4.69) is 10.4 Å². The highest BCUT2D eigenvalue weighted by Crippen LogP contribution is 2.32. The van der Waals surface area contributed by atoms with E-state index in [9.17, 15) is 18.0 Å². The van der Waals surface area contributed by atoms with E-state index in [0.717, 1.165) is 48.3 Å². The molecule has 0 radical (unpaired) electrons. The summed E-state index contributed by atoms with van der Waals surface area (Å²) in [4.78, 5) is 13.5.